The van der Waals surface area contributed by atoms with Gasteiger partial charge in [-0.2, -0.15) is 26.3 Å². The fourth-order valence-electron chi connectivity index (χ4n) is 7.44. The molecule has 2 aliphatic rings. The van der Waals surface area contributed by atoms with E-state index >= 15 is 0 Å². The van der Waals surface area contributed by atoms with E-state index in [9.17, 15) is 66.6 Å². The number of nitrogens with one attached hydrogen (secondary N) is 4. The summed E-state index contributed by atoms with van der Waals surface area (Å²) in [5.74, 6) is -1.46. The van der Waals surface area contributed by atoms with E-state index in [-0.39, 0.29) is 181 Å². The Bertz CT molecular complexity index is 1900. The number of carbonyl (C=O) groups excluding carboxylic acids is 2. The summed E-state index contributed by atoms with van der Waals surface area (Å²) in [6.07, 6.45) is -17.4. The molecule has 2 aliphatic heterocycles. The van der Waals surface area contributed by atoms with Crippen molar-refractivity contribution in [2.24, 2.45) is 5.73 Å². The maximum Gasteiger partial charge on any atom is 0.433 e. The number of nitrogens with two attached hydrogens (primary N) is 1. The summed E-state index contributed by atoms with van der Waals surface area (Å²) in [6.45, 7) is 3.07. The molecule has 2 fully saturated rings. The van der Waals surface area contributed by atoms with Crippen LogP contribution in [0.1, 0.15) is 37.1 Å². The summed E-state index contributed by atoms with van der Waals surface area (Å²) < 4.78 is 132. The van der Waals surface area contributed by atoms with Gasteiger partial charge in [-0.1, -0.05) is 0 Å². The van der Waals surface area contributed by atoms with Crippen molar-refractivity contribution < 1.29 is 114 Å². The standard InChI is InChI=1S/C47H75F6N9O18/c48-46(49,50)35-5-7-57-44(61-35)59-29-25-79-33(42(69)40(29)67)27-77-23-21-75-19-17-73-15-13-71-11-9-55-37(65)3-1-31(63)39(54)32(64)2-4-38(66)56-10-12-72-14-16-74-18-20-76-22-24-78-28-34-43(70)41(68)30(26-80-34)60-45-58-8-6-36(62-45)47(51,52)53/h5-8,29-34,39-43,63-64,67-70H,1-4,9-28,54H2,(H,55,65)(H,56,66)(H,57,59,61)(H,58,60,62)/t29-,30-,31?,32?,33+,34+,39?,40+,41+,42-,43-/m0/s1. The molecule has 10 atom stereocenters. The number of amides is 2. The lowest BCUT2D eigenvalue weighted by molar-refractivity contribution is -0.161. The molecule has 0 spiro atoms. The van der Waals surface area contributed by atoms with Crippen molar-refractivity contribution in [1.29, 1.82) is 0 Å². The van der Waals surface area contributed by atoms with E-state index in [4.69, 9.17) is 53.1 Å². The van der Waals surface area contributed by atoms with Crippen molar-refractivity contribution in [3.05, 3.63) is 35.9 Å². The van der Waals surface area contributed by atoms with Gasteiger partial charge in [0, 0.05) is 38.3 Å². The number of aliphatic hydroxyl groups is 6. The van der Waals surface area contributed by atoms with Crippen LogP contribution < -0.4 is 27.0 Å². The molecule has 0 aliphatic carbocycles. The van der Waals surface area contributed by atoms with Crippen molar-refractivity contribution in [2.75, 3.05) is 143 Å². The number of ether oxygens (including phenoxy) is 10. The van der Waals surface area contributed by atoms with E-state index in [0.29, 0.717) is 12.1 Å². The molecule has 2 aromatic rings. The topological polar surface area (TPSA) is 374 Å². The van der Waals surface area contributed by atoms with Gasteiger partial charge in [0.25, 0.3) is 0 Å². The lowest BCUT2D eigenvalue weighted by Crippen LogP contribution is -2.57. The Balaban J connectivity index is 0.860. The molecule has 458 valence electrons. The zero-order valence-electron chi connectivity index (χ0n) is 43.8. The highest BCUT2D eigenvalue weighted by molar-refractivity contribution is 5.76. The quantitative estimate of drug-likeness (QED) is 0.0249. The van der Waals surface area contributed by atoms with Gasteiger partial charge < -0.3 is 105 Å². The highest BCUT2D eigenvalue weighted by Gasteiger charge is 2.41. The van der Waals surface area contributed by atoms with Crippen LogP contribution in [0.25, 0.3) is 0 Å². The highest BCUT2D eigenvalue weighted by Crippen LogP contribution is 2.29. The van der Waals surface area contributed by atoms with E-state index in [1.807, 2.05) is 0 Å². The summed E-state index contributed by atoms with van der Waals surface area (Å²) in [7, 11) is 0. The number of carbonyl (C=O) groups is 2. The average molecular weight is 1170 g/mol. The van der Waals surface area contributed by atoms with Crippen molar-refractivity contribution in [1.82, 2.24) is 30.6 Å². The number of aromatic nitrogens is 4. The molecule has 27 nitrogen and oxygen atoms in total. The van der Waals surface area contributed by atoms with E-state index < -0.39 is 90.7 Å². The first-order valence-corrected chi connectivity index (χ1v) is 25.8. The summed E-state index contributed by atoms with van der Waals surface area (Å²) in [4.78, 5) is 38.7. The minimum absolute atomic E-state index is 0.0200. The number of halogens is 6. The number of aliphatic hydroxyl groups excluding tert-OH is 6. The lowest BCUT2D eigenvalue weighted by atomic mass is 9.98. The van der Waals surface area contributed by atoms with E-state index in [1.165, 1.54) is 0 Å². The molecule has 33 heteroatoms. The maximum absolute atomic E-state index is 12.9. The first kappa shape index (κ1) is 68.1. The molecule has 4 heterocycles. The van der Waals surface area contributed by atoms with Crippen LogP contribution in [0.15, 0.2) is 24.5 Å². The fourth-order valence-corrected chi connectivity index (χ4v) is 7.44. The molecular formula is C47H75F6N9O18. The third-order valence-corrected chi connectivity index (χ3v) is 11.9. The number of alkyl halides is 6. The second-order valence-electron chi connectivity index (χ2n) is 18.0. The van der Waals surface area contributed by atoms with Crippen LogP contribution in [0.2, 0.25) is 0 Å². The van der Waals surface area contributed by atoms with Crippen LogP contribution in [0.4, 0.5) is 38.2 Å². The smallest absolute Gasteiger partial charge is 0.391 e. The molecule has 0 bridgehead atoms. The van der Waals surface area contributed by atoms with Gasteiger partial charge in [-0.15, -0.1) is 0 Å². The second-order valence-corrected chi connectivity index (χ2v) is 18.0. The SMILES string of the molecule is NC(C(O)CCC(=O)NCCOCCOCCOCCOC[C@H]1OC[C@H](Nc2nccc(C(F)(F)F)n2)[C@@H](O)[C@H]1O)C(O)CCC(=O)NCCOCCOCCOCCOC[C@H]1OC[C@H](Nc2nccc(C(F)(F)F)n2)[C@@H](O)[C@H]1O. The van der Waals surface area contributed by atoms with Gasteiger partial charge in [0.2, 0.25) is 23.7 Å². The summed E-state index contributed by atoms with van der Waals surface area (Å²) in [5, 5.41) is 73.1. The van der Waals surface area contributed by atoms with Gasteiger partial charge in [0.1, 0.15) is 48.0 Å². The van der Waals surface area contributed by atoms with Crippen molar-refractivity contribution in [3.63, 3.8) is 0 Å². The van der Waals surface area contributed by atoms with Crippen LogP contribution in [-0.2, 0) is 69.3 Å². The van der Waals surface area contributed by atoms with Crippen LogP contribution in [0.5, 0.6) is 0 Å². The zero-order valence-corrected chi connectivity index (χ0v) is 43.8. The maximum atomic E-state index is 12.9. The van der Waals surface area contributed by atoms with Crippen LogP contribution in [-0.4, -0.2) is 261 Å². The van der Waals surface area contributed by atoms with Crippen molar-refractivity contribution in [3.8, 4) is 0 Å². The Hall–Kier alpha value is -4.40. The Morgan fingerprint density at radius 2 is 0.875 bits per heavy atom. The predicted octanol–water partition coefficient (Wildman–Crippen LogP) is -2.22. The Morgan fingerprint density at radius 1 is 0.550 bits per heavy atom. The fraction of sp³-hybridized carbons (Fsp3) is 0.787. The number of nitrogens with zero attached hydrogens (tertiary/aromatic N) is 4. The summed E-state index contributed by atoms with van der Waals surface area (Å²) >= 11 is 0. The summed E-state index contributed by atoms with van der Waals surface area (Å²) in [5.41, 5.74) is 3.65. The molecule has 0 saturated carbocycles. The van der Waals surface area contributed by atoms with E-state index in [0.717, 1.165) is 12.4 Å². The molecule has 2 amide bonds. The van der Waals surface area contributed by atoms with Gasteiger partial charge in [0.15, 0.2) is 0 Å². The van der Waals surface area contributed by atoms with Gasteiger partial charge in [-0.05, 0) is 25.0 Å². The Morgan fingerprint density at radius 3 is 1.21 bits per heavy atom. The van der Waals surface area contributed by atoms with Gasteiger partial charge in [0.05, 0.1) is 149 Å². The van der Waals surface area contributed by atoms with Crippen LogP contribution in [0.3, 0.4) is 0 Å². The minimum atomic E-state index is -4.68. The predicted molar refractivity (Wildman–Crippen MR) is 263 cm³/mol. The number of anilines is 2. The molecule has 80 heavy (non-hydrogen) atoms. The lowest BCUT2D eigenvalue weighted by Gasteiger charge is -2.37. The zero-order chi connectivity index (χ0) is 58.3. The molecular weight excluding hydrogens is 1090 g/mol. The first-order valence-electron chi connectivity index (χ1n) is 25.8. The summed E-state index contributed by atoms with van der Waals surface area (Å²) in [6, 6.07) is -1.61. The van der Waals surface area contributed by atoms with Crippen molar-refractivity contribution >= 4 is 23.7 Å². The van der Waals surface area contributed by atoms with E-state index in [2.05, 4.69) is 41.2 Å². The molecule has 4 rings (SSSR count). The Kier molecular flexibility index (Phi) is 31.4. The molecule has 2 unspecified atom stereocenters. The molecule has 2 aromatic heterocycles. The first-order chi connectivity index (χ1) is 38.2. The van der Waals surface area contributed by atoms with Gasteiger partial charge in [-0.25, -0.2) is 19.9 Å². The largest absolute Gasteiger partial charge is 0.433 e. The molecule has 0 aromatic carbocycles. The normalized spacial score (nSPS) is 22.8. The van der Waals surface area contributed by atoms with Crippen LogP contribution in [0, 0.1) is 0 Å². The Labute approximate surface area is 456 Å². The monoisotopic (exact) mass is 1170 g/mol. The number of hydrogen-bond acceptors (Lipinski definition) is 25. The van der Waals surface area contributed by atoms with Gasteiger partial charge in [-0.3, -0.25) is 9.59 Å². The second kappa shape index (κ2) is 36.9. The average Bonchev–Trinajstić information content (AvgIpc) is 3.42. The molecule has 0 radical (unpaired) electrons. The van der Waals surface area contributed by atoms with Crippen LogP contribution >= 0.6 is 0 Å². The highest BCUT2D eigenvalue weighted by atomic mass is 19.4. The minimum Gasteiger partial charge on any atom is -0.391 e. The third-order valence-electron chi connectivity index (χ3n) is 11.9. The molecule has 2 saturated heterocycles. The van der Waals surface area contributed by atoms with Gasteiger partial charge >= 0.3 is 12.4 Å². The number of rotatable bonds is 40. The molecule has 12 N–H and O–H groups in total. The third kappa shape index (κ3) is 26.2. The van der Waals surface area contributed by atoms with Crippen molar-refractivity contribution in [2.45, 2.75) is 105 Å². The number of hydrogen-bond donors (Lipinski definition) is 11. The van der Waals surface area contributed by atoms with E-state index in [1.54, 1.807) is 0 Å².